The summed E-state index contributed by atoms with van der Waals surface area (Å²) < 4.78 is 6.89. The predicted octanol–water partition coefficient (Wildman–Crippen LogP) is 6.99. The van der Waals surface area contributed by atoms with Crippen LogP contribution in [0.3, 0.4) is 0 Å². The smallest absolute Gasteiger partial charge is 0.203 e. The van der Waals surface area contributed by atoms with E-state index in [1.807, 2.05) is 79.0 Å². The molecule has 0 spiro atoms. The van der Waals surface area contributed by atoms with E-state index in [1.165, 1.54) is 11.3 Å². The van der Waals surface area contributed by atoms with Crippen LogP contribution in [-0.4, -0.2) is 10.7 Å². The lowest BCUT2D eigenvalue weighted by atomic mass is 10.1. The summed E-state index contributed by atoms with van der Waals surface area (Å²) in [6.07, 6.45) is 0. The number of thiazole rings is 1. The molecule has 0 fully saturated rings. The highest BCUT2D eigenvalue weighted by Gasteiger charge is 2.05. The third-order valence-corrected chi connectivity index (χ3v) is 5.76. The molecule has 4 rings (SSSR count). The minimum Gasteiger partial charge on any atom is -0.489 e. The van der Waals surface area contributed by atoms with Gasteiger partial charge >= 0.3 is 0 Å². The Kier molecular flexibility index (Phi) is 6.57. The van der Waals surface area contributed by atoms with Crippen molar-refractivity contribution in [2.45, 2.75) is 13.5 Å². The molecule has 0 aliphatic carbocycles. The normalized spacial score (nSPS) is 11.3. The molecule has 0 aliphatic rings. The van der Waals surface area contributed by atoms with Gasteiger partial charge in [0, 0.05) is 15.4 Å². The summed E-state index contributed by atoms with van der Waals surface area (Å²) in [4.78, 5) is 4.61. The number of nitrogens with zero attached hydrogens (tertiary/aromatic N) is 2. The third-order valence-electron chi connectivity index (χ3n) is 4.48. The van der Waals surface area contributed by atoms with Crippen molar-refractivity contribution >= 4 is 38.1 Å². The van der Waals surface area contributed by atoms with E-state index in [9.17, 15) is 0 Å². The predicted molar refractivity (Wildman–Crippen MR) is 128 cm³/mol. The van der Waals surface area contributed by atoms with Crippen molar-refractivity contribution in [2.24, 2.45) is 5.10 Å². The summed E-state index contributed by atoms with van der Waals surface area (Å²) in [7, 11) is 0. The summed E-state index contributed by atoms with van der Waals surface area (Å²) >= 11 is 4.99. The third kappa shape index (κ3) is 5.34. The van der Waals surface area contributed by atoms with E-state index in [0.29, 0.717) is 6.61 Å². The van der Waals surface area contributed by atoms with Crippen LogP contribution in [0.25, 0.3) is 11.3 Å². The molecule has 1 N–H and O–H groups in total. The molecule has 4 aromatic rings. The maximum atomic E-state index is 5.84. The monoisotopic (exact) mass is 477 g/mol. The van der Waals surface area contributed by atoms with Gasteiger partial charge in [0.2, 0.25) is 5.13 Å². The fraction of sp³-hybridized carbons (Fsp3) is 0.0833. The van der Waals surface area contributed by atoms with Crippen molar-refractivity contribution in [3.8, 4) is 17.0 Å². The molecule has 0 saturated carbocycles. The van der Waals surface area contributed by atoms with Crippen molar-refractivity contribution in [3.05, 3.63) is 99.8 Å². The van der Waals surface area contributed by atoms with Crippen LogP contribution in [0.1, 0.15) is 18.1 Å². The van der Waals surface area contributed by atoms with Crippen LogP contribution >= 0.6 is 27.3 Å². The van der Waals surface area contributed by atoms with Gasteiger partial charge in [-0.05, 0) is 54.4 Å². The van der Waals surface area contributed by atoms with E-state index in [-0.39, 0.29) is 0 Å². The maximum absolute atomic E-state index is 5.84. The van der Waals surface area contributed by atoms with Gasteiger partial charge in [0.05, 0.1) is 11.4 Å². The zero-order valence-corrected chi connectivity index (χ0v) is 18.8. The van der Waals surface area contributed by atoms with E-state index >= 15 is 0 Å². The molecule has 0 atom stereocenters. The highest BCUT2D eigenvalue weighted by atomic mass is 79.9. The Labute approximate surface area is 188 Å². The molecule has 30 heavy (non-hydrogen) atoms. The molecule has 4 nitrogen and oxygen atoms in total. The van der Waals surface area contributed by atoms with Gasteiger partial charge in [0.15, 0.2) is 0 Å². The summed E-state index contributed by atoms with van der Waals surface area (Å²) in [6, 6.07) is 26.2. The van der Waals surface area contributed by atoms with Gasteiger partial charge in [-0.2, -0.15) is 5.10 Å². The van der Waals surface area contributed by atoms with Gasteiger partial charge in [0.1, 0.15) is 12.4 Å². The number of ether oxygens (including phenoxy) is 1. The number of rotatable bonds is 7. The zero-order valence-electron chi connectivity index (χ0n) is 16.4. The van der Waals surface area contributed by atoms with Crippen LogP contribution in [0.15, 0.2) is 93.8 Å². The van der Waals surface area contributed by atoms with Crippen molar-refractivity contribution < 1.29 is 4.74 Å². The van der Waals surface area contributed by atoms with E-state index in [0.717, 1.165) is 43.4 Å². The molecule has 6 heteroatoms. The standard InChI is InChI=1S/C24H20BrN3OS/c1-17(19-9-13-22(14-10-19)29-15-18-5-3-2-4-6-18)27-28-24-26-23(16-30-24)20-7-11-21(25)12-8-20/h2-14,16H,15H2,1H3,(H,26,28)/b27-17+. The van der Waals surface area contributed by atoms with Crippen LogP contribution in [0.2, 0.25) is 0 Å². The number of benzene rings is 3. The number of hydrogen-bond acceptors (Lipinski definition) is 5. The Bertz CT molecular complexity index is 1120. The van der Waals surface area contributed by atoms with Crippen LogP contribution in [0.4, 0.5) is 5.13 Å². The quantitative estimate of drug-likeness (QED) is 0.230. The lowest BCUT2D eigenvalue weighted by Crippen LogP contribution is -2.00. The number of nitrogens with one attached hydrogen (secondary N) is 1. The second-order valence-corrected chi connectivity index (χ2v) is 8.43. The molecule has 1 heterocycles. The number of hydrazone groups is 1. The molecule has 1 aromatic heterocycles. The van der Waals surface area contributed by atoms with E-state index in [1.54, 1.807) is 0 Å². The molecule has 0 unspecified atom stereocenters. The van der Waals surface area contributed by atoms with Crippen molar-refractivity contribution in [1.29, 1.82) is 0 Å². The van der Waals surface area contributed by atoms with Crippen molar-refractivity contribution in [3.63, 3.8) is 0 Å². The number of anilines is 1. The highest BCUT2D eigenvalue weighted by molar-refractivity contribution is 9.10. The topological polar surface area (TPSA) is 46.5 Å². The first-order valence-corrected chi connectivity index (χ1v) is 11.1. The lowest BCUT2D eigenvalue weighted by Gasteiger charge is -2.07. The molecule has 0 amide bonds. The molecule has 0 saturated heterocycles. The van der Waals surface area contributed by atoms with Gasteiger partial charge in [-0.15, -0.1) is 11.3 Å². The Hall–Kier alpha value is -2.96. The van der Waals surface area contributed by atoms with Gasteiger partial charge in [0.25, 0.3) is 0 Å². The summed E-state index contributed by atoms with van der Waals surface area (Å²) in [6.45, 7) is 2.52. The number of hydrogen-bond donors (Lipinski definition) is 1. The van der Waals surface area contributed by atoms with Gasteiger partial charge in [-0.3, -0.25) is 5.43 Å². The Balaban J connectivity index is 1.36. The van der Waals surface area contributed by atoms with Crippen LogP contribution in [0, 0.1) is 0 Å². The molecule has 0 aliphatic heterocycles. The van der Waals surface area contributed by atoms with E-state index in [2.05, 4.69) is 43.6 Å². The molecule has 0 radical (unpaired) electrons. The summed E-state index contributed by atoms with van der Waals surface area (Å²) in [5, 5.41) is 7.26. The largest absolute Gasteiger partial charge is 0.489 e. The van der Waals surface area contributed by atoms with Crippen LogP contribution < -0.4 is 10.2 Å². The van der Waals surface area contributed by atoms with Crippen molar-refractivity contribution in [1.82, 2.24) is 4.98 Å². The average molecular weight is 478 g/mol. The highest BCUT2D eigenvalue weighted by Crippen LogP contribution is 2.26. The van der Waals surface area contributed by atoms with Gasteiger partial charge in [-0.25, -0.2) is 4.98 Å². The summed E-state index contributed by atoms with van der Waals surface area (Å²) in [5.41, 5.74) is 8.13. The van der Waals surface area contributed by atoms with Gasteiger partial charge in [-0.1, -0.05) is 58.4 Å². The molecule has 0 bridgehead atoms. The maximum Gasteiger partial charge on any atom is 0.203 e. The Morgan fingerprint density at radius 2 is 1.73 bits per heavy atom. The molecular formula is C24H20BrN3OS. The fourth-order valence-electron chi connectivity index (χ4n) is 2.81. The average Bonchev–Trinajstić information content (AvgIpc) is 3.27. The van der Waals surface area contributed by atoms with E-state index < -0.39 is 0 Å². The first-order chi connectivity index (χ1) is 14.7. The minimum atomic E-state index is 0.555. The first-order valence-electron chi connectivity index (χ1n) is 9.46. The zero-order chi connectivity index (χ0) is 20.8. The number of halogens is 1. The SMILES string of the molecule is C/C(=N\Nc1nc(-c2ccc(Br)cc2)cs1)c1ccc(OCc2ccccc2)cc1. The van der Waals surface area contributed by atoms with Crippen LogP contribution in [-0.2, 0) is 6.61 Å². The Morgan fingerprint density at radius 3 is 2.47 bits per heavy atom. The first kappa shape index (κ1) is 20.3. The van der Waals surface area contributed by atoms with E-state index in [4.69, 9.17) is 4.74 Å². The van der Waals surface area contributed by atoms with Crippen molar-refractivity contribution in [2.75, 3.05) is 5.43 Å². The van der Waals surface area contributed by atoms with Crippen LogP contribution in [0.5, 0.6) is 5.75 Å². The fourth-order valence-corrected chi connectivity index (χ4v) is 3.73. The molecule has 150 valence electrons. The second-order valence-electron chi connectivity index (χ2n) is 6.65. The molecular weight excluding hydrogens is 458 g/mol. The Morgan fingerprint density at radius 1 is 1.00 bits per heavy atom. The number of aromatic nitrogens is 1. The lowest BCUT2D eigenvalue weighted by molar-refractivity contribution is 0.306. The second kappa shape index (κ2) is 9.69. The molecule has 3 aromatic carbocycles. The minimum absolute atomic E-state index is 0.555. The summed E-state index contributed by atoms with van der Waals surface area (Å²) in [5.74, 6) is 0.836. The van der Waals surface area contributed by atoms with Gasteiger partial charge < -0.3 is 4.74 Å².